The largest absolute Gasteiger partial charge is 0.343 e. The van der Waals surface area contributed by atoms with Gasteiger partial charge in [0.05, 0.1) is 5.54 Å². The fraction of sp³-hybridized carbons (Fsp3) is 0.769. The maximum absolute atomic E-state index is 12.4. The van der Waals surface area contributed by atoms with Gasteiger partial charge in [0.25, 0.3) is 5.91 Å². The zero-order chi connectivity index (χ0) is 14.0. The Balaban J connectivity index is 2.03. The smallest absolute Gasteiger partial charge is 0.251 e. The molecule has 19 heavy (non-hydrogen) atoms. The highest BCUT2D eigenvalue weighted by Gasteiger charge is 2.42. The molecule has 2 fully saturated rings. The van der Waals surface area contributed by atoms with E-state index in [4.69, 9.17) is 0 Å². The van der Waals surface area contributed by atoms with Gasteiger partial charge < -0.3 is 10.6 Å². The molecule has 0 saturated carbocycles. The lowest BCUT2D eigenvalue weighted by atomic mass is 9.92. The fourth-order valence-corrected chi connectivity index (χ4v) is 2.81. The molecular weight excluding hydrogens is 246 g/mol. The lowest BCUT2D eigenvalue weighted by Crippen LogP contribution is -2.60. The Kier molecular flexibility index (Phi) is 3.89. The maximum atomic E-state index is 12.4. The number of hydrogen-bond acceptors (Lipinski definition) is 4. The molecule has 2 atom stereocenters. The summed E-state index contributed by atoms with van der Waals surface area (Å²) in [4.78, 5) is 36.8. The Bertz CT molecular complexity index is 402. The molecule has 2 aliphatic heterocycles. The van der Waals surface area contributed by atoms with Gasteiger partial charge in [-0.3, -0.25) is 19.3 Å². The van der Waals surface area contributed by atoms with E-state index in [0.29, 0.717) is 19.3 Å². The molecule has 3 amide bonds. The minimum absolute atomic E-state index is 0.117. The highest BCUT2D eigenvalue weighted by molar-refractivity contribution is 6.02. The predicted molar refractivity (Wildman–Crippen MR) is 69.2 cm³/mol. The highest BCUT2D eigenvalue weighted by Crippen LogP contribution is 2.24. The lowest BCUT2D eigenvalue weighted by Gasteiger charge is -2.32. The summed E-state index contributed by atoms with van der Waals surface area (Å²) < 4.78 is 0. The van der Waals surface area contributed by atoms with Gasteiger partial charge in [0.2, 0.25) is 11.8 Å². The first-order valence-electron chi connectivity index (χ1n) is 6.86. The van der Waals surface area contributed by atoms with Crippen LogP contribution in [0.2, 0.25) is 0 Å². The quantitative estimate of drug-likeness (QED) is 0.693. The predicted octanol–water partition coefficient (Wildman–Crippen LogP) is -0.218. The van der Waals surface area contributed by atoms with E-state index >= 15 is 0 Å². The Hall–Kier alpha value is -1.43. The SMILES string of the molecule is CCC1(C(=O)NC2CCC(=O)N(C)C2=O)CCCN1. The second kappa shape index (κ2) is 5.28. The number of nitrogens with one attached hydrogen (secondary N) is 2. The van der Waals surface area contributed by atoms with Crippen LogP contribution in [0.25, 0.3) is 0 Å². The molecule has 0 aromatic rings. The van der Waals surface area contributed by atoms with Crippen molar-refractivity contribution in [1.29, 1.82) is 0 Å². The summed E-state index contributed by atoms with van der Waals surface area (Å²) in [6.07, 6.45) is 3.17. The molecule has 0 spiro atoms. The van der Waals surface area contributed by atoms with E-state index in [9.17, 15) is 14.4 Å². The third-order valence-corrected chi connectivity index (χ3v) is 4.24. The number of carbonyl (C=O) groups excluding carboxylic acids is 3. The van der Waals surface area contributed by atoms with Gasteiger partial charge in [-0.25, -0.2) is 0 Å². The normalized spacial score (nSPS) is 31.7. The van der Waals surface area contributed by atoms with Crippen LogP contribution in [0.3, 0.4) is 0 Å². The van der Waals surface area contributed by atoms with Crippen LogP contribution in [0.1, 0.15) is 39.0 Å². The van der Waals surface area contributed by atoms with Crippen LogP contribution in [-0.2, 0) is 14.4 Å². The number of rotatable bonds is 3. The molecule has 0 aromatic carbocycles. The van der Waals surface area contributed by atoms with Gasteiger partial charge in [0, 0.05) is 13.5 Å². The molecular formula is C13H21N3O3. The summed E-state index contributed by atoms with van der Waals surface area (Å²) in [6, 6.07) is -0.568. The Labute approximate surface area is 112 Å². The highest BCUT2D eigenvalue weighted by atomic mass is 16.2. The molecule has 2 heterocycles. The van der Waals surface area contributed by atoms with E-state index in [1.807, 2.05) is 6.92 Å². The topological polar surface area (TPSA) is 78.5 Å². The minimum atomic E-state index is -0.568. The Morgan fingerprint density at radius 3 is 2.84 bits per heavy atom. The van der Waals surface area contributed by atoms with Crippen LogP contribution in [0.4, 0.5) is 0 Å². The number of likely N-dealkylation sites (tertiary alicyclic amines) is 1. The first-order chi connectivity index (χ1) is 9.00. The number of piperidine rings is 1. The Morgan fingerprint density at radius 1 is 1.53 bits per heavy atom. The van der Waals surface area contributed by atoms with Crippen LogP contribution in [0.15, 0.2) is 0 Å². The van der Waals surface area contributed by atoms with Crippen molar-refractivity contribution in [2.45, 2.75) is 50.6 Å². The third-order valence-electron chi connectivity index (χ3n) is 4.24. The van der Waals surface area contributed by atoms with Crippen molar-refractivity contribution in [2.24, 2.45) is 0 Å². The molecule has 2 saturated heterocycles. The Morgan fingerprint density at radius 2 is 2.26 bits per heavy atom. The molecule has 6 heteroatoms. The van der Waals surface area contributed by atoms with E-state index < -0.39 is 11.6 Å². The second-order valence-electron chi connectivity index (χ2n) is 5.32. The van der Waals surface area contributed by atoms with Gasteiger partial charge in [0.15, 0.2) is 0 Å². The van der Waals surface area contributed by atoms with E-state index in [0.717, 1.165) is 24.3 Å². The zero-order valence-corrected chi connectivity index (χ0v) is 11.5. The third kappa shape index (κ3) is 2.49. The van der Waals surface area contributed by atoms with Crippen molar-refractivity contribution in [1.82, 2.24) is 15.5 Å². The number of carbonyl (C=O) groups is 3. The molecule has 6 nitrogen and oxygen atoms in total. The van der Waals surface area contributed by atoms with Crippen molar-refractivity contribution in [2.75, 3.05) is 13.6 Å². The molecule has 0 radical (unpaired) electrons. The van der Waals surface area contributed by atoms with Crippen molar-refractivity contribution in [3.8, 4) is 0 Å². The number of nitrogens with zero attached hydrogens (tertiary/aromatic N) is 1. The van der Waals surface area contributed by atoms with Gasteiger partial charge in [-0.1, -0.05) is 6.92 Å². The minimum Gasteiger partial charge on any atom is -0.343 e. The first kappa shape index (κ1) is 14.0. The number of amides is 3. The second-order valence-corrected chi connectivity index (χ2v) is 5.32. The van der Waals surface area contributed by atoms with Crippen molar-refractivity contribution < 1.29 is 14.4 Å². The van der Waals surface area contributed by atoms with E-state index in [1.165, 1.54) is 7.05 Å². The average molecular weight is 267 g/mol. The average Bonchev–Trinajstić information content (AvgIpc) is 2.89. The number of hydrogen-bond donors (Lipinski definition) is 2. The first-order valence-corrected chi connectivity index (χ1v) is 6.86. The zero-order valence-electron chi connectivity index (χ0n) is 11.5. The molecule has 0 bridgehead atoms. The number of likely N-dealkylation sites (N-methyl/N-ethyl adjacent to an activating group) is 1. The van der Waals surface area contributed by atoms with Crippen molar-refractivity contribution in [3.63, 3.8) is 0 Å². The molecule has 2 rings (SSSR count). The van der Waals surface area contributed by atoms with Crippen LogP contribution in [0, 0.1) is 0 Å². The molecule has 2 N–H and O–H groups in total. The molecule has 2 unspecified atom stereocenters. The molecule has 2 aliphatic rings. The maximum Gasteiger partial charge on any atom is 0.251 e. The lowest BCUT2D eigenvalue weighted by molar-refractivity contribution is -0.150. The summed E-state index contributed by atoms with van der Waals surface area (Å²) in [7, 11) is 1.46. The van der Waals surface area contributed by atoms with Crippen LogP contribution >= 0.6 is 0 Å². The molecule has 106 valence electrons. The summed E-state index contributed by atoms with van der Waals surface area (Å²) in [5.74, 6) is -0.609. The van der Waals surface area contributed by atoms with Crippen LogP contribution in [-0.4, -0.2) is 47.8 Å². The van der Waals surface area contributed by atoms with Gasteiger partial charge in [-0.15, -0.1) is 0 Å². The molecule has 0 aliphatic carbocycles. The van der Waals surface area contributed by atoms with Crippen LogP contribution in [0.5, 0.6) is 0 Å². The van der Waals surface area contributed by atoms with Crippen molar-refractivity contribution in [3.05, 3.63) is 0 Å². The molecule has 0 aromatic heterocycles. The summed E-state index contributed by atoms with van der Waals surface area (Å²) >= 11 is 0. The van der Waals surface area contributed by atoms with E-state index in [-0.39, 0.29) is 17.7 Å². The van der Waals surface area contributed by atoms with E-state index in [2.05, 4.69) is 10.6 Å². The van der Waals surface area contributed by atoms with Gasteiger partial charge in [-0.05, 0) is 32.2 Å². The summed E-state index contributed by atoms with van der Waals surface area (Å²) in [5.41, 5.74) is -0.541. The monoisotopic (exact) mass is 267 g/mol. The van der Waals surface area contributed by atoms with Crippen LogP contribution < -0.4 is 10.6 Å². The van der Waals surface area contributed by atoms with Crippen molar-refractivity contribution >= 4 is 17.7 Å². The fourth-order valence-electron chi connectivity index (χ4n) is 2.81. The summed E-state index contributed by atoms with van der Waals surface area (Å²) in [5, 5.41) is 6.05. The number of imide groups is 1. The van der Waals surface area contributed by atoms with Gasteiger partial charge in [0.1, 0.15) is 6.04 Å². The summed E-state index contributed by atoms with van der Waals surface area (Å²) in [6.45, 7) is 2.80. The van der Waals surface area contributed by atoms with Gasteiger partial charge in [-0.2, -0.15) is 0 Å². The standard InChI is InChI=1S/C13H21N3O3/c1-3-13(7-4-8-14-13)12(19)15-9-5-6-10(17)16(2)11(9)18/h9,14H,3-8H2,1-2H3,(H,15,19). The van der Waals surface area contributed by atoms with Gasteiger partial charge >= 0.3 is 0 Å². The van der Waals surface area contributed by atoms with E-state index in [1.54, 1.807) is 0 Å².